The van der Waals surface area contributed by atoms with Crippen LogP contribution in [0.1, 0.15) is 0 Å². The van der Waals surface area contributed by atoms with Gasteiger partial charge in [0.1, 0.15) is 12.7 Å². The lowest BCUT2D eigenvalue weighted by molar-refractivity contribution is -0.352. The molecular formula is C6H2N8O2. The third-order valence-electron chi connectivity index (χ3n) is 1.86. The van der Waals surface area contributed by atoms with Crippen LogP contribution in [-0.2, 0) is 0 Å². The van der Waals surface area contributed by atoms with Crippen LogP contribution < -0.4 is 0 Å². The number of nitro groups is 1. The topological polar surface area (TPSA) is 121 Å². The molecule has 10 heteroatoms. The molecule has 0 saturated heterocycles. The van der Waals surface area contributed by atoms with Crippen LogP contribution >= 0.6 is 0 Å². The van der Waals surface area contributed by atoms with Crippen molar-refractivity contribution in [1.82, 2.24) is 4.90 Å². The fourth-order valence-electron chi connectivity index (χ4n) is 1.24. The number of nitrogens with zero attached hydrogens (tertiary/aromatic N) is 8. The van der Waals surface area contributed by atoms with Gasteiger partial charge in [-0.3, -0.25) is 0 Å². The van der Waals surface area contributed by atoms with Crippen LogP contribution in [-0.4, -0.2) is 46.3 Å². The molecule has 0 aromatic heterocycles. The van der Waals surface area contributed by atoms with Crippen LogP contribution in [0.5, 0.6) is 0 Å². The summed E-state index contributed by atoms with van der Waals surface area (Å²) in [5.74, 6) is -0.104. The first-order valence-electron chi connectivity index (χ1n) is 4.08. The number of hydrogen-bond donors (Lipinski definition) is 0. The number of aliphatic imine (C=N–C) groups is 6. The molecule has 3 rings (SSSR count). The predicted molar refractivity (Wildman–Crippen MR) is 55.6 cm³/mol. The van der Waals surface area contributed by atoms with E-state index in [2.05, 4.69) is 30.0 Å². The van der Waals surface area contributed by atoms with Crippen molar-refractivity contribution >= 4 is 36.5 Å². The zero-order valence-corrected chi connectivity index (χ0v) is 7.55. The van der Waals surface area contributed by atoms with E-state index in [0.717, 1.165) is 0 Å². The monoisotopic (exact) mass is 218 g/mol. The van der Waals surface area contributed by atoms with Gasteiger partial charge in [0, 0.05) is 0 Å². The SMILES string of the molecule is O=[N+]([O-])C1=NC2=NC=NC3=NC=NC(=N1)N32. The zero-order chi connectivity index (χ0) is 11.1. The maximum atomic E-state index is 10.6. The Morgan fingerprint density at radius 3 is 2.50 bits per heavy atom. The molecule has 0 N–H and O–H groups in total. The van der Waals surface area contributed by atoms with Gasteiger partial charge in [-0.15, -0.1) is 0 Å². The molecule has 0 atom stereocenters. The summed E-state index contributed by atoms with van der Waals surface area (Å²) in [5.41, 5.74) is 0. The highest BCUT2D eigenvalue weighted by Gasteiger charge is 2.38. The average Bonchev–Trinajstić information content (AvgIpc) is 2.29. The number of hydrogen-bond acceptors (Lipinski definition) is 9. The quantitative estimate of drug-likeness (QED) is 0.386. The van der Waals surface area contributed by atoms with Gasteiger partial charge in [-0.25, -0.2) is 9.98 Å². The van der Waals surface area contributed by atoms with Crippen LogP contribution in [0.2, 0.25) is 0 Å². The predicted octanol–water partition coefficient (Wildman–Crippen LogP) is -0.913. The Hall–Kier alpha value is -2.78. The van der Waals surface area contributed by atoms with Crippen molar-refractivity contribution in [3.05, 3.63) is 10.1 Å². The zero-order valence-electron chi connectivity index (χ0n) is 7.55. The van der Waals surface area contributed by atoms with Gasteiger partial charge in [0.15, 0.2) is 0 Å². The van der Waals surface area contributed by atoms with Crippen LogP contribution in [0.3, 0.4) is 0 Å². The van der Waals surface area contributed by atoms with Gasteiger partial charge < -0.3 is 10.1 Å². The van der Waals surface area contributed by atoms with E-state index in [9.17, 15) is 10.1 Å². The summed E-state index contributed by atoms with van der Waals surface area (Å²) in [4.78, 5) is 33.8. The van der Waals surface area contributed by atoms with Crippen LogP contribution in [0, 0.1) is 10.1 Å². The van der Waals surface area contributed by atoms with Crippen molar-refractivity contribution in [3.63, 3.8) is 0 Å². The van der Waals surface area contributed by atoms with Crippen molar-refractivity contribution < 1.29 is 4.92 Å². The van der Waals surface area contributed by atoms with Gasteiger partial charge in [-0.1, -0.05) is 0 Å². The van der Waals surface area contributed by atoms with Crippen molar-refractivity contribution in [2.75, 3.05) is 0 Å². The van der Waals surface area contributed by atoms with Gasteiger partial charge in [0.05, 0.1) is 0 Å². The summed E-state index contributed by atoms with van der Waals surface area (Å²) < 4.78 is 0. The molecule has 3 aliphatic heterocycles. The molecular weight excluding hydrogens is 216 g/mol. The first-order chi connectivity index (χ1) is 7.75. The Labute approximate surface area is 87.3 Å². The van der Waals surface area contributed by atoms with Crippen LogP contribution in [0.4, 0.5) is 0 Å². The molecule has 0 aliphatic carbocycles. The Morgan fingerprint density at radius 1 is 1.06 bits per heavy atom. The Balaban J connectivity index is 2.18. The summed E-state index contributed by atoms with van der Waals surface area (Å²) in [6, 6.07) is 0. The van der Waals surface area contributed by atoms with E-state index in [0.29, 0.717) is 0 Å². The summed E-state index contributed by atoms with van der Waals surface area (Å²) >= 11 is 0. The second-order valence-electron chi connectivity index (χ2n) is 2.76. The van der Waals surface area contributed by atoms with E-state index in [-0.39, 0.29) is 17.9 Å². The number of rotatable bonds is 0. The Morgan fingerprint density at radius 2 is 1.75 bits per heavy atom. The molecule has 0 radical (unpaired) electrons. The normalized spacial score (nSPS) is 20.6. The summed E-state index contributed by atoms with van der Waals surface area (Å²) in [7, 11) is 0. The van der Waals surface area contributed by atoms with Gasteiger partial charge in [0.25, 0.3) is 0 Å². The smallest absolute Gasteiger partial charge is 0.390 e. The molecule has 0 aromatic carbocycles. The van der Waals surface area contributed by atoms with Crippen LogP contribution in [0.25, 0.3) is 0 Å². The maximum Gasteiger partial charge on any atom is 0.475 e. The minimum absolute atomic E-state index is 0.0855. The van der Waals surface area contributed by atoms with E-state index in [1.54, 1.807) is 0 Å². The summed E-state index contributed by atoms with van der Waals surface area (Å²) in [6.07, 6.45) is 2.43. The van der Waals surface area contributed by atoms with Crippen molar-refractivity contribution in [3.8, 4) is 0 Å². The lowest BCUT2D eigenvalue weighted by atomic mass is 10.5. The Bertz CT molecular complexity index is 563. The molecule has 16 heavy (non-hydrogen) atoms. The van der Waals surface area contributed by atoms with Gasteiger partial charge in [-0.05, 0) is 14.9 Å². The largest absolute Gasteiger partial charge is 0.475 e. The minimum Gasteiger partial charge on any atom is -0.390 e. The fraction of sp³-hybridized carbons (Fsp3) is 0. The number of guanidine groups is 4. The second kappa shape index (κ2) is 2.85. The molecule has 0 aromatic rings. The highest BCUT2D eigenvalue weighted by Crippen LogP contribution is 2.13. The van der Waals surface area contributed by atoms with E-state index >= 15 is 0 Å². The molecule has 3 heterocycles. The Kier molecular flexibility index (Phi) is 1.52. The second-order valence-corrected chi connectivity index (χ2v) is 2.76. The molecule has 0 fully saturated rings. The van der Waals surface area contributed by atoms with Gasteiger partial charge in [-0.2, -0.15) is 14.9 Å². The first kappa shape index (κ1) is 8.52. The van der Waals surface area contributed by atoms with Crippen molar-refractivity contribution in [1.29, 1.82) is 0 Å². The molecule has 0 spiro atoms. The summed E-state index contributed by atoms with van der Waals surface area (Å²) in [6.45, 7) is 0. The summed E-state index contributed by atoms with van der Waals surface area (Å²) in [5, 5.41) is 10.6. The third-order valence-corrected chi connectivity index (χ3v) is 1.86. The highest BCUT2D eigenvalue weighted by molar-refractivity contribution is 6.26. The van der Waals surface area contributed by atoms with Crippen molar-refractivity contribution in [2.45, 2.75) is 0 Å². The molecule has 0 saturated carbocycles. The minimum atomic E-state index is -0.709. The highest BCUT2D eigenvalue weighted by atomic mass is 16.6. The standard InChI is InChI=1S/C6H2N8O2/c15-14(16)6-11-4-9-1-7-3-8-2-10-5(12-6)13(3)4/h1-2H. The lowest BCUT2D eigenvalue weighted by Gasteiger charge is -2.21. The van der Waals surface area contributed by atoms with E-state index in [4.69, 9.17) is 0 Å². The molecule has 78 valence electrons. The fourth-order valence-corrected chi connectivity index (χ4v) is 1.24. The third kappa shape index (κ3) is 1.06. The van der Waals surface area contributed by atoms with Gasteiger partial charge in [0.2, 0.25) is 5.96 Å². The molecule has 0 bridgehead atoms. The van der Waals surface area contributed by atoms with E-state index in [1.807, 2.05) is 0 Å². The first-order valence-corrected chi connectivity index (χ1v) is 4.08. The lowest BCUT2D eigenvalue weighted by Crippen LogP contribution is -2.46. The molecule has 0 amide bonds. The molecule has 0 unspecified atom stereocenters. The van der Waals surface area contributed by atoms with Gasteiger partial charge >= 0.3 is 17.9 Å². The maximum absolute atomic E-state index is 10.6. The van der Waals surface area contributed by atoms with E-state index < -0.39 is 10.9 Å². The van der Waals surface area contributed by atoms with Crippen LogP contribution in [0.15, 0.2) is 30.0 Å². The molecule has 3 aliphatic rings. The molecule has 10 nitrogen and oxygen atoms in total. The average molecular weight is 218 g/mol. The van der Waals surface area contributed by atoms with E-state index in [1.165, 1.54) is 17.6 Å². The van der Waals surface area contributed by atoms with Crippen molar-refractivity contribution in [2.24, 2.45) is 30.0 Å².